The van der Waals surface area contributed by atoms with Crippen LogP contribution in [0.15, 0.2) is 87.8 Å². The van der Waals surface area contributed by atoms with Gasteiger partial charge in [-0.1, -0.05) is 53.3 Å². The van der Waals surface area contributed by atoms with Crippen LogP contribution in [0, 0.1) is 0 Å². The summed E-state index contributed by atoms with van der Waals surface area (Å²) in [4.78, 5) is 32.1. The van der Waals surface area contributed by atoms with E-state index < -0.39 is 12.0 Å². The number of thiazole rings is 1. The summed E-state index contributed by atoms with van der Waals surface area (Å²) in [7, 11) is 3.15. The number of aromatic nitrogens is 1. The molecule has 5 rings (SSSR count). The SMILES string of the molecule is CCOC(=O)C1=C(C)N=c2s/c(=C\c3ccc(OCc4ccc(Cl)cc4)c(OC)c3)c(=O)n2[C@H]1c1ccc(OC)cc1. The van der Waals surface area contributed by atoms with Crippen LogP contribution in [-0.4, -0.2) is 31.4 Å². The van der Waals surface area contributed by atoms with E-state index in [9.17, 15) is 9.59 Å². The van der Waals surface area contributed by atoms with Crippen molar-refractivity contribution in [1.29, 1.82) is 0 Å². The van der Waals surface area contributed by atoms with Crippen LogP contribution >= 0.6 is 22.9 Å². The molecule has 0 spiro atoms. The summed E-state index contributed by atoms with van der Waals surface area (Å²) in [5.41, 5.74) is 3.02. The van der Waals surface area contributed by atoms with E-state index >= 15 is 0 Å². The number of carbonyl (C=O) groups excluding carboxylic acids is 1. The molecule has 0 unspecified atom stereocenters. The highest BCUT2D eigenvalue weighted by Gasteiger charge is 2.33. The van der Waals surface area contributed by atoms with Gasteiger partial charge in [-0.15, -0.1) is 0 Å². The van der Waals surface area contributed by atoms with Crippen LogP contribution in [0.5, 0.6) is 17.2 Å². The number of ether oxygens (including phenoxy) is 4. The Hall–Kier alpha value is -4.34. The maximum Gasteiger partial charge on any atom is 0.338 e. The van der Waals surface area contributed by atoms with E-state index in [-0.39, 0.29) is 12.2 Å². The second-order valence-corrected chi connectivity index (χ2v) is 10.8. The molecule has 0 saturated heterocycles. The molecule has 0 saturated carbocycles. The van der Waals surface area contributed by atoms with Crippen molar-refractivity contribution in [2.45, 2.75) is 26.5 Å². The summed E-state index contributed by atoms with van der Waals surface area (Å²) >= 11 is 7.23. The highest BCUT2D eigenvalue weighted by molar-refractivity contribution is 7.07. The maximum absolute atomic E-state index is 13.9. The highest BCUT2D eigenvalue weighted by Crippen LogP contribution is 2.32. The number of benzene rings is 3. The predicted molar refractivity (Wildman–Crippen MR) is 162 cm³/mol. The van der Waals surface area contributed by atoms with Gasteiger partial charge in [0.15, 0.2) is 16.3 Å². The largest absolute Gasteiger partial charge is 0.497 e. The summed E-state index contributed by atoms with van der Waals surface area (Å²) in [5.74, 6) is 1.26. The van der Waals surface area contributed by atoms with Gasteiger partial charge in [0.2, 0.25) is 0 Å². The molecule has 1 aromatic heterocycles. The molecule has 10 heteroatoms. The quantitative estimate of drug-likeness (QED) is 0.249. The summed E-state index contributed by atoms with van der Waals surface area (Å²) in [6, 6.07) is 19.5. The molecule has 2 heterocycles. The van der Waals surface area contributed by atoms with Crippen molar-refractivity contribution in [3.05, 3.63) is 119 Å². The van der Waals surface area contributed by atoms with Crippen LogP contribution in [0.25, 0.3) is 6.08 Å². The van der Waals surface area contributed by atoms with E-state index in [0.717, 1.165) is 16.7 Å². The Morgan fingerprint density at radius 3 is 2.43 bits per heavy atom. The van der Waals surface area contributed by atoms with Crippen molar-refractivity contribution in [3.63, 3.8) is 0 Å². The van der Waals surface area contributed by atoms with Gasteiger partial charge in [0.05, 0.1) is 42.7 Å². The summed E-state index contributed by atoms with van der Waals surface area (Å²) in [5, 5.41) is 0.661. The zero-order chi connectivity index (χ0) is 29.8. The van der Waals surface area contributed by atoms with Crippen molar-refractivity contribution in [2.75, 3.05) is 20.8 Å². The number of carbonyl (C=O) groups is 1. The Bertz CT molecular complexity index is 1820. The predicted octanol–water partition coefficient (Wildman–Crippen LogP) is 5.05. The van der Waals surface area contributed by atoms with Crippen molar-refractivity contribution in [2.24, 2.45) is 4.99 Å². The zero-order valence-electron chi connectivity index (χ0n) is 23.5. The number of allylic oxidation sites excluding steroid dienone is 1. The monoisotopic (exact) mass is 604 g/mol. The van der Waals surface area contributed by atoms with Crippen molar-refractivity contribution in [1.82, 2.24) is 4.57 Å². The fourth-order valence-electron chi connectivity index (χ4n) is 4.68. The molecular formula is C32H29ClN2O6S. The molecule has 1 aliphatic rings. The molecule has 1 aliphatic heterocycles. The third kappa shape index (κ3) is 5.98. The lowest BCUT2D eigenvalue weighted by atomic mass is 9.96. The zero-order valence-corrected chi connectivity index (χ0v) is 25.1. The lowest BCUT2D eigenvalue weighted by molar-refractivity contribution is -0.139. The van der Waals surface area contributed by atoms with E-state index in [0.29, 0.717) is 49.5 Å². The van der Waals surface area contributed by atoms with Gasteiger partial charge in [-0.05, 0) is 73.0 Å². The second kappa shape index (κ2) is 12.7. The number of methoxy groups -OCH3 is 2. The number of rotatable bonds is 9. The van der Waals surface area contributed by atoms with Gasteiger partial charge in [0.1, 0.15) is 12.4 Å². The molecule has 0 amide bonds. The molecule has 0 aliphatic carbocycles. The van der Waals surface area contributed by atoms with E-state index in [4.69, 9.17) is 30.5 Å². The van der Waals surface area contributed by atoms with Crippen LogP contribution in [0.2, 0.25) is 5.02 Å². The molecular weight excluding hydrogens is 576 g/mol. The average molecular weight is 605 g/mol. The van der Waals surface area contributed by atoms with Crippen LogP contribution in [0.3, 0.4) is 0 Å². The number of hydrogen-bond donors (Lipinski definition) is 0. The first-order valence-electron chi connectivity index (χ1n) is 13.2. The summed E-state index contributed by atoms with van der Waals surface area (Å²) < 4.78 is 24.2. The minimum absolute atomic E-state index is 0.205. The van der Waals surface area contributed by atoms with E-state index in [2.05, 4.69) is 4.99 Å². The van der Waals surface area contributed by atoms with Crippen LogP contribution in [-0.2, 0) is 16.1 Å². The van der Waals surface area contributed by atoms with E-state index in [1.165, 1.54) is 11.3 Å². The van der Waals surface area contributed by atoms with E-state index in [1.54, 1.807) is 56.9 Å². The number of esters is 1. The molecule has 1 atom stereocenters. The Labute approximate surface area is 251 Å². The van der Waals surface area contributed by atoms with Crippen LogP contribution in [0.4, 0.5) is 0 Å². The standard InChI is InChI=1S/C32H29ClN2O6S/c1-5-40-31(37)28-19(2)34-32-35(29(28)22-9-13-24(38-3)14-10-22)30(36)27(42-32)17-21-8-15-25(26(16-21)39-4)41-18-20-6-11-23(33)12-7-20/h6-17,29H,5,18H2,1-4H3/b27-17-/t29-/m0/s1. The molecule has 0 radical (unpaired) electrons. The van der Waals surface area contributed by atoms with Gasteiger partial charge < -0.3 is 18.9 Å². The van der Waals surface area contributed by atoms with Gasteiger partial charge in [0, 0.05) is 5.02 Å². The second-order valence-electron chi connectivity index (χ2n) is 9.40. The third-order valence-electron chi connectivity index (χ3n) is 6.74. The topological polar surface area (TPSA) is 88.4 Å². The fraction of sp³-hybridized carbons (Fsp3) is 0.219. The van der Waals surface area contributed by atoms with E-state index in [1.807, 2.05) is 48.5 Å². The van der Waals surface area contributed by atoms with Gasteiger partial charge in [0.25, 0.3) is 5.56 Å². The number of hydrogen-bond acceptors (Lipinski definition) is 8. The average Bonchev–Trinajstić information content (AvgIpc) is 3.30. The minimum atomic E-state index is -0.702. The first kappa shape index (κ1) is 29.2. The third-order valence-corrected chi connectivity index (χ3v) is 7.98. The fourth-order valence-corrected chi connectivity index (χ4v) is 5.85. The highest BCUT2D eigenvalue weighted by atomic mass is 35.5. The van der Waals surface area contributed by atoms with Crippen molar-refractivity contribution < 1.29 is 23.7 Å². The minimum Gasteiger partial charge on any atom is -0.497 e. The lowest BCUT2D eigenvalue weighted by Gasteiger charge is -2.24. The Balaban J connectivity index is 1.53. The Morgan fingerprint density at radius 1 is 1.02 bits per heavy atom. The maximum atomic E-state index is 13.9. The van der Waals surface area contributed by atoms with Gasteiger partial charge >= 0.3 is 5.97 Å². The first-order chi connectivity index (χ1) is 20.3. The van der Waals surface area contributed by atoms with Crippen LogP contribution in [0.1, 0.15) is 36.6 Å². The molecule has 8 nitrogen and oxygen atoms in total. The van der Waals surface area contributed by atoms with Gasteiger partial charge in [-0.3, -0.25) is 9.36 Å². The first-order valence-corrected chi connectivity index (χ1v) is 14.4. The molecule has 0 N–H and O–H groups in total. The Kier molecular flexibility index (Phi) is 8.80. The molecule has 0 bridgehead atoms. The van der Waals surface area contributed by atoms with Crippen molar-refractivity contribution in [3.8, 4) is 17.2 Å². The van der Waals surface area contributed by atoms with Crippen LogP contribution < -0.4 is 29.1 Å². The summed E-state index contributed by atoms with van der Waals surface area (Å²) in [6.07, 6.45) is 1.78. The Morgan fingerprint density at radius 2 is 1.76 bits per heavy atom. The molecule has 42 heavy (non-hydrogen) atoms. The number of fused-ring (bicyclic) bond motifs is 1. The molecule has 0 fully saturated rings. The van der Waals surface area contributed by atoms with Gasteiger partial charge in [-0.2, -0.15) is 0 Å². The summed E-state index contributed by atoms with van der Waals surface area (Å²) in [6.45, 7) is 4.05. The van der Waals surface area contributed by atoms with Gasteiger partial charge in [-0.25, -0.2) is 9.79 Å². The normalized spacial score (nSPS) is 14.7. The molecule has 216 valence electrons. The number of halogens is 1. The molecule has 3 aromatic carbocycles. The lowest BCUT2D eigenvalue weighted by Crippen LogP contribution is -2.39. The number of nitrogens with zero attached hydrogens (tertiary/aromatic N) is 2. The smallest absolute Gasteiger partial charge is 0.338 e. The molecule has 4 aromatic rings. The van der Waals surface area contributed by atoms with Crippen molar-refractivity contribution >= 4 is 35.0 Å².